The van der Waals surface area contributed by atoms with E-state index >= 15 is 0 Å². The van der Waals surface area contributed by atoms with E-state index in [1.54, 1.807) is 0 Å². The van der Waals surface area contributed by atoms with Gasteiger partial charge in [0.1, 0.15) is 0 Å². The lowest BCUT2D eigenvalue weighted by Gasteiger charge is -2.41. The Labute approximate surface area is 116 Å². The molecule has 1 aliphatic carbocycles. The standard InChI is InChI=1S/C15H28N2O2/c1-11-4-3-7-15(16,10-11)14(19)17-8-5-13(6-9-17)12(2)18/h11-13,18H,3-10,16H2,1-2H3. The monoisotopic (exact) mass is 268 g/mol. The highest BCUT2D eigenvalue weighted by Gasteiger charge is 2.41. The Morgan fingerprint density at radius 3 is 2.53 bits per heavy atom. The Bertz CT molecular complexity index is 324. The molecule has 0 bridgehead atoms. The summed E-state index contributed by atoms with van der Waals surface area (Å²) in [7, 11) is 0. The lowest BCUT2D eigenvalue weighted by molar-refractivity contribution is -0.140. The predicted molar refractivity (Wildman–Crippen MR) is 75.5 cm³/mol. The highest BCUT2D eigenvalue weighted by molar-refractivity contribution is 5.86. The van der Waals surface area contributed by atoms with Gasteiger partial charge in [0.05, 0.1) is 11.6 Å². The van der Waals surface area contributed by atoms with E-state index in [1.165, 1.54) is 6.42 Å². The van der Waals surface area contributed by atoms with Crippen LogP contribution in [-0.2, 0) is 4.79 Å². The van der Waals surface area contributed by atoms with Crippen LogP contribution in [0.3, 0.4) is 0 Å². The molecule has 1 aliphatic heterocycles. The number of nitrogens with two attached hydrogens (primary N) is 1. The van der Waals surface area contributed by atoms with Crippen molar-refractivity contribution in [3.05, 3.63) is 0 Å². The normalized spacial score (nSPS) is 35.2. The Balaban J connectivity index is 1.93. The van der Waals surface area contributed by atoms with Crippen LogP contribution in [0.4, 0.5) is 0 Å². The number of likely N-dealkylation sites (tertiary alicyclic amines) is 1. The SMILES string of the molecule is CC1CCCC(N)(C(=O)N2CCC(C(C)O)CC2)C1. The number of hydrogen-bond acceptors (Lipinski definition) is 3. The molecule has 2 rings (SSSR count). The molecule has 4 nitrogen and oxygen atoms in total. The molecule has 3 atom stereocenters. The summed E-state index contributed by atoms with van der Waals surface area (Å²) in [6.07, 6.45) is 5.43. The maximum atomic E-state index is 12.6. The van der Waals surface area contributed by atoms with Crippen LogP contribution in [0.2, 0.25) is 0 Å². The summed E-state index contributed by atoms with van der Waals surface area (Å²) in [5.41, 5.74) is 5.75. The van der Waals surface area contributed by atoms with Crippen molar-refractivity contribution in [1.29, 1.82) is 0 Å². The highest BCUT2D eigenvalue weighted by atomic mass is 16.3. The van der Waals surface area contributed by atoms with Crippen LogP contribution in [-0.4, -0.2) is 40.6 Å². The van der Waals surface area contributed by atoms with E-state index < -0.39 is 5.54 Å². The first-order valence-electron chi connectivity index (χ1n) is 7.69. The van der Waals surface area contributed by atoms with Crippen LogP contribution in [0.5, 0.6) is 0 Å². The second-order valence-electron chi connectivity index (χ2n) is 6.73. The summed E-state index contributed by atoms with van der Waals surface area (Å²) < 4.78 is 0. The molecule has 19 heavy (non-hydrogen) atoms. The summed E-state index contributed by atoms with van der Waals surface area (Å²) in [6.45, 7) is 5.53. The Hall–Kier alpha value is -0.610. The number of aliphatic hydroxyl groups excluding tert-OH is 1. The van der Waals surface area contributed by atoms with Gasteiger partial charge in [-0.2, -0.15) is 0 Å². The van der Waals surface area contributed by atoms with E-state index in [1.807, 2.05) is 11.8 Å². The number of hydrogen-bond donors (Lipinski definition) is 2. The highest BCUT2D eigenvalue weighted by Crippen LogP contribution is 2.33. The van der Waals surface area contributed by atoms with Crippen LogP contribution in [0, 0.1) is 11.8 Å². The number of amides is 1. The van der Waals surface area contributed by atoms with Gasteiger partial charge in [-0.25, -0.2) is 0 Å². The molecule has 4 heteroatoms. The van der Waals surface area contributed by atoms with Crippen LogP contribution < -0.4 is 5.73 Å². The molecular weight excluding hydrogens is 240 g/mol. The molecule has 1 heterocycles. The number of carbonyl (C=O) groups is 1. The average molecular weight is 268 g/mol. The van der Waals surface area contributed by atoms with Gasteiger partial charge in [-0.3, -0.25) is 4.79 Å². The summed E-state index contributed by atoms with van der Waals surface area (Å²) in [5, 5.41) is 9.61. The van der Waals surface area contributed by atoms with E-state index in [0.29, 0.717) is 11.8 Å². The zero-order valence-electron chi connectivity index (χ0n) is 12.3. The first-order valence-corrected chi connectivity index (χ1v) is 7.69. The summed E-state index contributed by atoms with van der Waals surface area (Å²) in [6, 6.07) is 0. The summed E-state index contributed by atoms with van der Waals surface area (Å²) >= 11 is 0. The van der Waals surface area contributed by atoms with Gasteiger partial charge >= 0.3 is 0 Å². The van der Waals surface area contributed by atoms with Crippen LogP contribution >= 0.6 is 0 Å². The molecule has 110 valence electrons. The third-order valence-corrected chi connectivity index (χ3v) is 4.97. The van der Waals surface area contributed by atoms with Crippen LogP contribution in [0.25, 0.3) is 0 Å². The third-order valence-electron chi connectivity index (χ3n) is 4.97. The zero-order chi connectivity index (χ0) is 14.0. The van der Waals surface area contributed by atoms with Crippen molar-refractivity contribution in [2.75, 3.05) is 13.1 Å². The van der Waals surface area contributed by atoms with Crippen molar-refractivity contribution in [1.82, 2.24) is 4.90 Å². The van der Waals surface area contributed by atoms with Gasteiger partial charge in [0, 0.05) is 13.1 Å². The van der Waals surface area contributed by atoms with Gasteiger partial charge in [-0.15, -0.1) is 0 Å². The fraction of sp³-hybridized carbons (Fsp3) is 0.933. The Morgan fingerprint density at radius 1 is 1.37 bits per heavy atom. The first kappa shape index (κ1) is 14.8. The molecule has 0 aromatic rings. The van der Waals surface area contributed by atoms with Crippen molar-refractivity contribution < 1.29 is 9.90 Å². The van der Waals surface area contributed by atoms with Crippen molar-refractivity contribution in [3.8, 4) is 0 Å². The van der Waals surface area contributed by atoms with Gasteiger partial charge in [0.25, 0.3) is 0 Å². The molecule has 1 amide bonds. The first-order chi connectivity index (χ1) is 8.92. The summed E-state index contributed by atoms with van der Waals surface area (Å²) in [5.74, 6) is 1.03. The molecule has 1 saturated heterocycles. The molecule has 0 radical (unpaired) electrons. The second-order valence-corrected chi connectivity index (χ2v) is 6.73. The number of nitrogens with zero attached hydrogens (tertiary/aromatic N) is 1. The molecule has 2 aliphatic rings. The average Bonchev–Trinajstić information content (AvgIpc) is 2.37. The van der Waals surface area contributed by atoms with E-state index in [9.17, 15) is 9.90 Å². The van der Waals surface area contributed by atoms with Crippen molar-refractivity contribution >= 4 is 5.91 Å². The zero-order valence-corrected chi connectivity index (χ0v) is 12.3. The molecular formula is C15H28N2O2. The molecule has 0 aromatic carbocycles. The fourth-order valence-corrected chi connectivity index (χ4v) is 3.69. The minimum absolute atomic E-state index is 0.142. The summed E-state index contributed by atoms with van der Waals surface area (Å²) in [4.78, 5) is 14.6. The van der Waals surface area contributed by atoms with Gasteiger partial charge in [-0.1, -0.05) is 19.8 Å². The number of rotatable bonds is 2. The molecule has 1 saturated carbocycles. The van der Waals surface area contributed by atoms with Crippen molar-refractivity contribution in [2.24, 2.45) is 17.6 Å². The maximum Gasteiger partial charge on any atom is 0.242 e. The molecule has 0 spiro atoms. The predicted octanol–water partition coefficient (Wildman–Crippen LogP) is 1.51. The van der Waals surface area contributed by atoms with Gasteiger partial charge in [-0.05, 0) is 44.4 Å². The van der Waals surface area contributed by atoms with Gasteiger partial charge in [0.2, 0.25) is 5.91 Å². The van der Waals surface area contributed by atoms with Gasteiger partial charge in [0.15, 0.2) is 0 Å². The molecule has 2 fully saturated rings. The topological polar surface area (TPSA) is 66.6 Å². The van der Waals surface area contributed by atoms with E-state index in [4.69, 9.17) is 5.73 Å². The number of aliphatic hydroxyl groups is 1. The molecule has 3 unspecified atom stereocenters. The number of piperidine rings is 1. The molecule has 0 aromatic heterocycles. The van der Waals surface area contributed by atoms with Crippen LogP contribution in [0.15, 0.2) is 0 Å². The van der Waals surface area contributed by atoms with E-state index in [2.05, 4.69) is 6.92 Å². The number of carbonyl (C=O) groups excluding carboxylic acids is 1. The van der Waals surface area contributed by atoms with Gasteiger partial charge < -0.3 is 15.7 Å². The van der Waals surface area contributed by atoms with Crippen molar-refractivity contribution in [2.45, 2.75) is 64.0 Å². The quantitative estimate of drug-likeness (QED) is 0.798. The molecule has 3 N–H and O–H groups in total. The fourth-order valence-electron chi connectivity index (χ4n) is 3.69. The van der Waals surface area contributed by atoms with Crippen LogP contribution in [0.1, 0.15) is 52.4 Å². The smallest absolute Gasteiger partial charge is 0.242 e. The Kier molecular flexibility index (Phi) is 4.51. The van der Waals surface area contributed by atoms with E-state index in [-0.39, 0.29) is 12.0 Å². The lowest BCUT2D eigenvalue weighted by atomic mass is 9.76. The minimum atomic E-state index is -0.630. The minimum Gasteiger partial charge on any atom is -0.393 e. The van der Waals surface area contributed by atoms with E-state index in [0.717, 1.165) is 45.2 Å². The third kappa shape index (κ3) is 3.29. The maximum absolute atomic E-state index is 12.6. The van der Waals surface area contributed by atoms with Crippen molar-refractivity contribution in [3.63, 3.8) is 0 Å². The second kappa shape index (κ2) is 5.80. The Morgan fingerprint density at radius 2 is 2.00 bits per heavy atom. The lowest BCUT2D eigenvalue weighted by Crippen LogP contribution is -2.58. The largest absolute Gasteiger partial charge is 0.393 e.